The first-order valence-corrected chi connectivity index (χ1v) is 13.4. The van der Waals surface area contributed by atoms with Crippen molar-refractivity contribution < 1.29 is 9.47 Å². The molecule has 5 heteroatoms. The van der Waals surface area contributed by atoms with Crippen LogP contribution in [-0.2, 0) is 6.42 Å². The highest BCUT2D eigenvalue weighted by Crippen LogP contribution is 2.40. The minimum Gasteiger partial charge on any atom is -0.497 e. The monoisotopic (exact) mass is 483 g/mol. The molecular formula is C31H37N3O2. The molecule has 2 fully saturated rings. The molecule has 1 atom stereocenters. The third-order valence-corrected chi connectivity index (χ3v) is 8.12. The number of benzene rings is 3. The molecule has 1 aliphatic carbocycles. The highest BCUT2D eigenvalue weighted by Gasteiger charge is 2.30. The second kappa shape index (κ2) is 10.1. The van der Waals surface area contributed by atoms with Crippen molar-refractivity contribution in [3.63, 3.8) is 0 Å². The zero-order chi connectivity index (χ0) is 24.5. The van der Waals surface area contributed by atoms with Gasteiger partial charge in [-0.05, 0) is 78.3 Å². The van der Waals surface area contributed by atoms with Crippen LogP contribution in [0.15, 0.2) is 66.7 Å². The Morgan fingerprint density at radius 3 is 2.22 bits per heavy atom. The van der Waals surface area contributed by atoms with Crippen LogP contribution in [-0.4, -0.2) is 58.4 Å². The Labute approximate surface area is 215 Å². The molecule has 1 saturated carbocycles. The lowest BCUT2D eigenvalue weighted by Crippen LogP contribution is -2.47. The van der Waals surface area contributed by atoms with Crippen molar-refractivity contribution in [2.24, 2.45) is 5.92 Å². The molecule has 3 aromatic rings. The molecule has 2 aliphatic heterocycles. The van der Waals surface area contributed by atoms with Gasteiger partial charge >= 0.3 is 0 Å². The van der Waals surface area contributed by atoms with Gasteiger partial charge in [-0.1, -0.05) is 24.3 Å². The Balaban J connectivity index is 1.27. The smallest absolute Gasteiger partial charge is 0.120 e. The molecule has 2 heterocycles. The Kier molecular flexibility index (Phi) is 6.49. The van der Waals surface area contributed by atoms with Crippen molar-refractivity contribution in [1.82, 2.24) is 4.90 Å². The molecule has 0 amide bonds. The van der Waals surface area contributed by atoms with Crippen LogP contribution in [0.1, 0.15) is 35.6 Å². The molecule has 0 N–H and O–H groups in total. The fourth-order valence-electron chi connectivity index (χ4n) is 5.88. The van der Waals surface area contributed by atoms with Gasteiger partial charge in [0.25, 0.3) is 0 Å². The molecule has 3 aliphatic rings. The number of hydrogen-bond acceptors (Lipinski definition) is 5. The molecule has 0 aromatic heterocycles. The minimum atomic E-state index is 0.149. The second-order valence-corrected chi connectivity index (χ2v) is 10.4. The van der Waals surface area contributed by atoms with E-state index in [1.165, 1.54) is 60.5 Å². The van der Waals surface area contributed by atoms with Gasteiger partial charge in [0.15, 0.2) is 0 Å². The van der Waals surface area contributed by atoms with E-state index >= 15 is 0 Å². The number of ether oxygens (including phenoxy) is 2. The largest absolute Gasteiger partial charge is 0.497 e. The standard InChI is InChI=1S/C31H37N3O2/c1-35-28-5-3-4-27(21-28)34-15-14-25-20-29(36-2)12-13-30(25)31(34)24-8-10-26(11-9-24)33-18-16-32(17-19-33)22-23-6-7-23/h3-5,8-13,20-21,23,31H,6-7,14-19,22H2,1-2H3. The molecule has 5 nitrogen and oxygen atoms in total. The molecule has 6 rings (SSSR count). The summed E-state index contributed by atoms with van der Waals surface area (Å²) < 4.78 is 11.1. The first-order valence-electron chi connectivity index (χ1n) is 13.4. The molecule has 188 valence electrons. The van der Waals surface area contributed by atoms with Crippen molar-refractivity contribution in [1.29, 1.82) is 0 Å². The van der Waals surface area contributed by atoms with Gasteiger partial charge in [-0.2, -0.15) is 0 Å². The van der Waals surface area contributed by atoms with Gasteiger partial charge in [0.05, 0.1) is 20.3 Å². The zero-order valence-corrected chi connectivity index (χ0v) is 21.5. The number of anilines is 2. The van der Waals surface area contributed by atoms with E-state index in [-0.39, 0.29) is 6.04 Å². The SMILES string of the molecule is COc1cccc(N2CCc3cc(OC)ccc3C2c2ccc(N3CCN(CC4CC4)CC3)cc2)c1. The van der Waals surface area contributed by atoms with E-state index < -0.39 is 0 Å². The molecular weight excluding hydrogens is 446 g/mol. The number of hydrogen-bond donors (Lipinski definition) is 0. The lowest BCUT2D eigenvalue weighted by atomic mass is 9.87. The average Bonchev–Trinajstić information content (AvgIpc) is 3.76. The summed E-state index contributed by atoms with van der Waals surface area (Å²) in [5, 5.41) is 0. The third kappa shape index (κ3) is 4.77. The summed E-state index contributed by atoms with van der Waals surface area (Å²) in [4.78, 5) is 7.72. The van der Waals surface area contributed by atoms with E-state index in [1.807, 2.05) is 6.07 Å². The van der Waals surface area contributed by atoms with Crippen LogP contribution in [0.3, 0.4) is 0 Å². The maximum Gasteiger partial charge on any atom is 0.120 e. The molecule has 1 unspecified atom stereocenters. The number of rotatable bonds is 7. The van der Waals surface area contributed by atoms with Crippen molar-refractivity contribution in [3.8, 4) is 11.5 Å². The van der Waals surface area contributed by atoms with Crippen molar-refractivity contribution in [2.75, 3.05) is 63.3 Å². The molecule has 36 heavy (non-hydrogen) atoms. The van der Waals surface area contributed by atoms with Crippen molar-refractivity contribution in [2.45, 2.75) is 25.3 Å². The van der Waals surface area contributed by atoms with Gasteiger partial charge in [-0.15, -0.1) is 0 Å². The van der Waals surface area contributed by atoms with Gasteiger partial charge < -0.3 is 19.3 Å². The highest BCUT2D eigenvalue weighted by molar-refractivity contribution is 5.60. The van der Waals surface area contributed by atoms with E-state index in [0.29, 0.717) is 0 Å². The zero-order valence-electron chi connectivity index (χ0n) is 21.5. The first kappa shape index (κ1) is 23.2. The van der Waals surface area contributed by atoms with E-state index in [2.05, 4.69) is 75.4 Å². The van der Waals surface area contributed by atoms with Crippen LogP contribution in [0.4, 0.5) is 11.4 Å². The van der Waals surface area contributed by atoms with Gasteiger partial charge in [-0.25, -0.2) is 0 Å². The predicted molar refractivity (Wildman–Crippen MR) is 147 cm³/mol. The predicted octanol–water partition coefficient (Wildman–Crippen LogP) is 5.39. The maximum atomic E-state index is 5.55. The molecule has 0 spiro atoms. The van der Waals surface area contributed by atoms with Crippen LogP contribution < -0.4 is 19.3 Å². The van der Waals surface area contributed by atoms with Gasteiger partial charge in [0.2, 0.25) is 0 Å². The van der Waals surface area contributed by atoms with Gasteiger partial charge in [0.1, 0.15) is 11.5 Å². The summed E-state index contributed by atoms with van der Waals surface area (Å²) in [6.45, 7) is 6.85. The highest BCUT2D eigenvalue weighted by atomic mass is 16.5. The van der Waals surface area contributed by atoms with Crippen LogP contribution in [0.5, 0.6) is 11.5 Å². The summed E-state index contributed by atoms with van der Waals surface area (Å²) in [5.74, 6) is 2.79. The second-order valence-electron chi connectivity index (χ2n) is 10.4. The molecule has 1 saturated heterocycles. The summed E-state index contributed by atoms with van der Waals surface area (Å²) in [5.41, 5.74) is 6.57. The molecule has 0 bridgehead atoms. The van der Waals surface area contributed by atoms with E-state index in [1.54, 1.807) is 14.2 Å². The maximum absolute atomic E-state index is 5.55. The number of piperazine rings is 1. The number of methoxy groups -OCH3 is 2. The average molecular weight is 484 g/mol. The van der Waals surface area contributed by atoms with Crippen LogP contribution in [0.2, 0.25) is 0 Å². The van der Waals surface area contributed by atoms with Crippen LogP contribution >= 0.6 is 0 Å². The van der Waals surface area contributed by atoms with Crippen LogP contribution in [0, 0.1) is 5.92 Å². The third-order valence-electron chi connectivity index (χ3n) is 8.12. The molecule has 3 aromatic carbocycles. The van der Waals surface area contributed by atoms with Crippen LogP contribution in [0.25, 0.3) is 0 Å². The van der Waals surface area contributed by atoms with E-state index in [0.717, 1.165) is 43.5 Å². The Morgan fingerprint density at radius 1 is 0.750 bits per heavy atom. The number of nitrogens with zero attached hydrogens (tertiary/aromatic N) is 3. The topological polar surface area (TPSA) is 28.2 Å². The summed E-state index contributed by atoms with van der Waals surface area (Å²) in [6.07, 6.45) is 3.86. The van der Waals surface area contributed by atoms with E-state index in [9.17, 15) is 0 Å². The fraction of sp³-hybridized carbons (Fsp3) is 0.419. The summed E-state index contributed by atoms with van der Waals surface area (Å²) in [6, 6.07) is 24.5. The van der Waals surface area contributed by atoms with Gasteiger partial charge in [-0.3, -0.25) is 4.90 Å². The fourth-order valence-corrected chi connectivity index (χ4v) is 5.88. The summed E-state index contributed by atoms with van der Waals surface area (Å²) >= 11 is 0. The lowest BCUT2D eigenvalue weighted by Gasteiger charge is -2.40. The van der Waals surface area contributed by atoms with Gasteiger partial charge in [0, 0.05) is 56.7 Å². The lowest BCUT2D eigenvalue weighted by molar-refractivity contribution is 0.248. The Hall–Kier alpha value is -3.18. The quantitative estimate of drug-likeness (QED) is 0.449. The minimum absolute atomic E-state index is 0.149. The molecule has 0 radical (unpaired) electrons. The van der Waals surface area contributed by atoms with Crippen molar-refractivity contribution in [3.05, 3.63) is 83.4 Å². The summed E-state index contributed by atoms with van der Waals surface area (Å²) in [7, 11) is 3.48. The van der Waals surface area contributed by atoms with E-state index in [4.69, 9.17) is 9.47 Å². The number of fused-ring (bicyclic) bond motifs is 1. The normalized spacial score (nSPS) is 20.2. The Morgan fingerprint density at radius 2 is 1.50 bits per heavy atom. The Bertz CT molecular complexity index is 1180. The first-order chi connectivity index (χ1) is 17.7. The van der Waals surface area contributed by atoms with Crippen molar-refractivity contribution >= 4 is 11.4 Å².